The van der Waals surface area contributed by atoms with Gasteiger partial charge in [-0.25, -0.2) is 0 Å². The number of hydrogen-bond donors (Lipinski definition) is 0. The van der Waals surface area contributed by atoms with E-state index in [1.165, 1.54) is 16.7 Å². The van der Waals surface area contributed by atoms with E-state index >= 15 is 0 Å². The lowest BCUT2D eigenvalue weighted by Crippen LogP contribution is -2.20. The molecule has 0 aromatic heterocycles. The maximum Gasteiger partial charge on any atom is 0.0320 e. The van der Waals surface area contributed by atoms with E-state index in [1.807, 2.05) is 6.92 Å². The van der Waals surface area contributed by atoms with Gasteiger partial charge in [-0.05, 0) is 57.5 Å². The monoisotopic (exact) mass is 239 g/mol. The normalized spacial score (nSPS) is 13.1. The van der Waals surface area contributed by atoms with Gasteiger partial charge in [0.15, 0.2) is 0 Å². The second-order valence-corrected chi connectivity index (χ2v) is 5.47. The molecule has 1 rings (SSSR count). The number of aryl methyl sites for hydroxylation is 2. The molecule has 0 aliphatic heterocycles. The van der Waals surface area contributed by atoms with Crippen LogP contribution in [-0.2, 0) is 6.54 Å². The first-order valence-electron chi connectivity index (χ1n) is 5.88. The summed E-state index contributed by atoms with van der Waals surface area (Å²) >= 11 is 5.94. The zero-order chi connectivity index (χ0) is 12.1. The number of alkyl halides is 1. The van der Waals surface area contributed by atoms with Crippen LogP contribution in [0, 0.1) is 13.8 Å². The third kappa shape index (κ3) is 4.54. The summed E-state index contributed by atoms with van der Waals surface area (Å²) in [5, 5.41) is 0.266. The van der Waals surface area contributed by atoms with E-state index in [0.29, 0.717) is 0 Å². The van der Waals surface area contributed by atoms with E-state index in [9.17, 15) is 0 Å². The van der Waals surface area contributed by atoms with Crippen molar-refractivity contribution in [2.45, 2.75) is 39.1 Å². The Bertz CT molecular complexity index is 334. The SMILES string of the molecule is Cc1ccc(CN(C)CCC(C)Cl)cc1C. The third-order valence-corrected chi connectivity index (χ3v) is 3.15. The van der Waals surface area contributed by atoms with Crippen molar-refractivity contribution in [3.63, 3.8) is 0 Å². The van der Waals surface area contributed by atoms with E-state index in [4.69, 9.17) is 11.6 Å². The first-order chi connectivity index (χ1) is 7.49. The molecule has 0 bridgehead atoms. The van der Waals surface area contributed by atoms with Crippen molar-refractivity contribution in [1.29, 1.82) is 0 Å². The Balaban J connectivity index is 2.49. The fraction of sp³-hybridized carbons (Fsp3) is 0.571. The van der Waals surface area contributed by atoms with Gasteiger partial charge in [0.05, 0.1) is 0 Å². The van der Waals surface area contributed by atoms with Crippen LogP contribution in [0.5, 0.6) is 0 Å². The second kappa shape index (κ2) is 6.27. The van der Waals surface area contributed by atoms with Gasteiger partial charge in [-0.3, -0.25) is 0 Å². The van der Waals surface area contributed by atoms with Crippen molar-refractivity contribution in [1.82, 2.24) is 4.90 Å². The van der Waals surface area contributed by atoms with Gasteiger partial charge in [-0.2, -0.15) is 0 Å². The summed E-state index contributed by atoms with van der Waals surface area (Å²) in [6.07, 6.45) is 1.04. The van der Waals surface area contributed by atoms with Gasteiger partial charge in [0.1, 0.15) is 0 Å². The molecule has 0 aliphatic carbocycles. The summed E-state index contributed by atoms with van der Waals surface area (Å²) in [6, 6.07) is 6.68. The van der Waals surface area contributed by atoms with Crippen LogP contribution in [0.1, 0.15) is 30.0 Å². The maximum atomic E-state index is 5.94. The van der Waals surface area contributed by atoms with Gasteiger partial charge in [0, 0.05) is 11.9 Å². The highest BCUT2D eigenvalue weighted by Gasteiger charge is 2.03. The Labute approximate surface area is 104 Å². The molecule has 0 N–H and O–H groups in total. The largest absolute Gasteiger partial charge is 0.302 e. The molecule has 1 unspecified atom stereocenters. The van der Waals surface area contributed by atoms with Crippen molar-refractivity contribution in [3.05, 3.63) is 34.9 Å². The minimum Gasteiger partial charge on any atom is -0.302 e. The van der Waals surface area contributed by atoms with Crippen molar-refractivity contribution in [3.8, 4) is 0 Å². The van der Waals surface area contributed by atoms with Crippen LogP contribution < -0.4 is 0 Å². The van der Waals surface area contributed by atoms with Gasteiger partial charge >= 0.3 is 0 Å². The van der Waals surface area contributed by atoms with Crippen LogP contribution in [0.3, 0.4) is 0 Å². The Morgan fingerprint density at radius 1 is 1.25 bits per heavy atom. The lowest BCUT2D eigenvalue weighted by Gasteiger charge is -2.18. The highest BCUT2D eigenvalue weighted by molar-refractivity contribution is 6.20. The molecule has 0 aliphatic rings. The average Bonchev–Trinajstić information content (AvgIpc) is 2.21. The standard InChI is InChI=1S/C14H22ClN/c1-11-5-6-14(9-12(11)2)10-16(4)8-7-13(3)15/h5-6,9,13H,7-8,10H2,1-4H3. The topological polar surface area (TPSA) is 3.24 Å². The number of hydrogen-bond acceptors (Lipinski definition) is 1. The minimum absolute atomic E-state index is 0.266. The number of benzene rings is 1. The molecule has 0 heterocycles. The summed E-state index contributed by atoms with van der Waals surface area (Å²) in [5.41, 5.74) is 4.12. The minimum atomic E-state index is 0.266. The molecule has 90 valence electrons. The Hall–Kier alpha value is -0.530. The van der Waals surface area contributed by atoms with E-state index in [-0.39, 0.29) is 5.38 Å². The zero-order valence-electron chi connectivity index (χ0n) is 10.8. The number of halogens is 1. The lowest BCUT2D eigenvalue weighted by atomic mass is 10.1. The quantitative estimate of drug-likeness (QED) is 0.708. The fourth-order valence-corrected chi connectivity index (χ4v) is 1.79. The smallest absolute Gasteiger partial charge is 0.0320 e. The van der Waals surface area contributed by atoms with Crippen molar-refractivity contribution < 1.29 is 0 Å². The van der Waals surface area contributed by atoms with Crippen LogP contribution in [0.4, 0.5) is 0 Å². The van der Waals surface area contributed by atoms with E-state index < -0.39 is 0 Å². The lowest BCUT2D eigenvalue weighted by molar-refractivity contribution is 0.321. The second-order valence-electron chi connectivity index (χ2n) is 4.73. The van der Waals surface area contributed by atoms with Crippen molar-refractivity contribution in [2.75, 3.05) is 13.6 Å². The molecule has 0 amide bonds. The molecule has 0 saturated heterocycles. The molecule has 1 atom stereocenters. The van der Waals surface area contributed by atoms with Gasteiger partial charge in [-0.15, -0.1) is 11.6 Å². The van der Waals surface area contributed by atoms with Gasteiger partial charge < -0.3 is 4.90 Å². The van der Waals surface area contributed by atoms with E-state index in [2.05, 4.69) is 44.0 Å². The summed E-state index contributed by atoms with van der Waals surface area (Å²) in [6.45, 7) is 8.42. The average molecular weight is 240 g/mol. The summed E-state index contributed by atoms with van der Waals surface area (Å²) in [5.74, 6) is 0. The molecule has 16 heavy (non-hydrogen) atoms. The number of nitrogens with zero attached hydrogens (tertiary/aromatic N) is 1. The fourth-order valence-electron chi connectivity index (χ4n) is 1.69. The van der Waals surface area contributed by atoms with Gasteiger partial charge in [-0.1, -0.05) is 18.2 Å². The molecular weight excluding hydrogens is 218 g/mol. The van der Waals surface area contributed by atoms with E-state index in [0.717, 1.165) is 19.5 Å². The third-order valence-electron chi connectivity index (χ3n) is 2.93. The summed E-state index contributed by atoms with van der Waals surface area (Å²) in [4.78, 5) is 2.32. The predicted molar refractivity (Wildman–Crippen MR) is 72.2 cm³/mol. The molecule has 0 radical (unpaired) electrons. The van der Waals surface area contributed by atoms with Crippen molar-refractivity contribution >= 4 is 11.6 Å². The highest BCUT2D eigenvalue weighted by atomic mass is 35.5. The molecule has 2 heteroatoms. The van der Waals surface area contributed by atoms with Gasteiger partial charge in [0.25, 0.3) is 0 Å². The van der Waals surface area contributed by atoms with Crippen LogP contribution >= 0.6 is 11.6 Å². The summed E-state index contributed by atoms with van der Waals surface area (Å²) in [7, 11) is 2.15. The predicted octanol–water partition coefficient (Wildman–Crippen LogP) is 3.75. The molecule has 1 nitrogen and oxygen atoms in total. The Morgan fingerprint density at radius 2 is 1.94 bits per heavy atom. The Kier molecular flexibility index (Phi) is 5.30. The Morgan fingerprint density at radius 3 is 2.50 bits per heavy atom. The number of rotatable bonds is 5. The van der Waals surface area contributed by atoms with Crippen LogP contribution in [0.2, 0.25) is 0 Å². The van der Waals surface area contributed by atoms with Crippen molar-refractivity contribution in [2.24, 2.45) is 0 Å². The van der Waals surface area contributed by atoms with Crippen LogP contribution in [0.15, 0.2) is 18.2 Å². The molecular formula is C14H22ClN. The van der Waals surface area contributed by atoms with Gasteiger partial charge in [0.2, 0.25) is 0 Å². The van der Waals surface area contributed by atoms with Crippen LogP contribution in [0.25, 0.3) is 0 Å². The molecule has 0 saturated carbocycles. The first-order valence-corrected chi connectivity index (χ1v) is 6.31. The zero-order valence-corrected chi connectivity index (χ0v) is 11.5. The molecule has 0 fully saturated rings. The highest BCUT2D eigenvalue weighted by Crippen LogP contribution is 2.12. The molecule has 0 spiro atoms. The summed E-state index contributed by atoms with van der Waals surface area (Å²) < 4.78 is 0. The maximum absolute atomic E-state index is 5.94. The van der Waals surface area contributed by atoms with Crippen LogP contribution in [-0.4, -0.2) is 23.9 Å². The molecule has 1 aromatic rings. The molecule has 1 aromatic carbocycles. The first kappa shape index (κ1) is 13.5. The van der Waals surface area contributed by atoms with E-state index in [1.54, 1.807) is 0 Å².